The molecule has 0 aromatic carbocycles. The van der Waals surface area contributed by atoms with Crippen molar-refractivity contribution in [1.82, 2.24) is 0 Å². The highest BCUT2D eigenvalue weighted by Gasteiger charge is 2.30. The van der Waals surface area contributed by atoms with E-state index in [4.69, 9.17) is 16.3 Å². The molecule has 0 bridgehead atoms. The van der Waals surface area contributed by atoms with Crippen molar-refractivity contribution >= 4 is 39.5 Å². The average molecular weight is 293 g/mol. The number of thiophene rings is 1. The number of halogens is 1. The Morgan fingerprint density at radius 3 is 2.94 bits per heavy atom. The normalized spacial score (nSPS) is 26.0. The molecule has 1 saturated heterocycles. The number of carbonyl (C=O) groups is 1. The van der Waals surface area contributed by atoms with E-state index >= 15 is 0 Å². The molecule has 0 N–H and O–H groups in total. The van der Waals surface area contributed by atoms with Gasteiger partial charge in [-0.3, -0.25) is 9.00 Å². The van der Waals surface area contributed by atoms with E-state index in [2.05, 4.69) is 0 Å². The Morgan fingerprint density at radius 2 is 2.41 bits per heavy atom. The van der Waals surface area contributed by atoms with Gasteiger partial charge in [0.25, 0.3) is 0 Å². The largest absolute Gasteiger partial charge is 0.377 e. The van der Waals surface area contributed by atoms with Crippen molar-refractivity contribution < 1.29 is 13.7 Å². The number of ether oxygens (including phenoxy) is 1. The van der Waals surface area contributed by atoms with Gasteiger partial charge in [0.2, 0.25) is 0 Å². The van der Waals surface area contributed by atoms with E-state index in [-0.39, 0.29) is 22.9 Å². The Kier molecular flexibility index (Phi) is 4.36. The Balaban J connectivity index is 1.97. The highest BCUT2D eigenvalue weighted by atomic mass is 35.5. The lowest BCUT2D eigenvalue weighted by Crippen LogP contribution is -2.27. The van der Waals surface area contributed by atoms with Crippen LogP contribution in [-0.4, -0.2) is 33.7 Å². The summed E-state index contributed by atoms with van der Waals surface area (Å²) in [5, 5.41) is -0.0191. The van der Waals surface area contributed by atoms with Crippen molar-refractivity contribution in [1.29, 1.82) is 0 Å². The molecule has 3 atom stereocenters. The average Bonchev–Trinajstić information content (AvgIpc) is 2.86. The first-order chi connectivity index (χ1) is 8.08. The summed E-state index contributed by atoms with van der Waals surface area (Å²) < 4.78 is 18.0. The standard InChI is InChI=1S/C11H13ClO3S2/c1-7-10(4-5-15-7)17(14)6-8(13)9-2-3-11(12)16-9/h2-3,7,10H,4-6H2,1H3. The summed E-state index contributed by atoms with van der Waals surface area (Å²) in [7, 11) is -1.16. The van der Waals surface area contributed by atoms with Gasteiger partial charge in [-0.2, -0.15) is 0 Å². The molecule has 1 aromatic rings. The Hall–Kier alpha value is -0.230. The van der Waals surface area contributed by atoms with Crippen LogP contribution in [0.25, 0.3) is 0 Å². The van der Waals surface area contributed by atoms with Gasteiger partial charge in [-0.25, -0.2) is 0 Å². The number of hydrogen-bond acceptors (Lipinski definition) is 4. The molecule has 1 fully saturated rings. The summed E-state index contributed by atoms with van der Waals surface area (Å²) in [4.78, 5) is 12.4. The summed E-state index contributed by atoms with van der Waals surface area (Å²) in [6, 6.07) is 3.37. The number of rotatable bonds is 4. The third-order valence-corrected chi connectivity index (χ3v) is 5.88. The van der Waals surface area contributed by atoms with Gasteiger partial charge in [0.1, 0.15) is 0 Å². The van der Waals surface area contributed by atoms with Crippen LogP contribution in [0.5, 0.6) is 0 Å². The SMILES string of the molecule is CC1OCCC1S(=O)CC(=O)c1ccc(Cl)s1. The van der Waals surface area contributed by atoms with E-state index in [1.54, 1.807) is 12.1 Å². The maximum Gasteiger partial charge on any atom is 0.185 e. The molecular formula is C11H13ClO3S2. The molecule has 0 saturated carbocycles. The van der Waals surface area contributed by atoms with E-state index < -0.39 is 10.8 Å². The molecule has 6 heteroatoms. The molecule has 17 heavy (non-hydrogen) atoms. The van der Waals surface area contributed by atoms with Crippen molar-refractivity contribution in [2.45, 2.75) is 24.7 Å². The summed E-state index contributed by atoms with van der Waals surface area (Å²) >= 11 is 6.99. The van der Waals surface area contributed by atoms with Gasteiger partial charge >= 0.3 is 0 Å². The molecule has 3 nitrogen and oxygen atoms in total. The fraction of sp³-hybridized carbons (Fsp3) is 0.545. The van der Waals surface area contributed by atoms with E-state index in [1.165, 1.54) is 11.3 Å². The number of hydrogen-bond donors (Lipinski definition) is 0. The minimum absolute atomic E-state index is 0.0180. The minimum Gasteiger partial charge on any atom is -0.377 e. The molecule has 2 heterocycles. The fourth-order valence-corrected chi connectivity index (χ4v) is 4.39. The highest BCUT2D eigenvalue weighted by molar-refractivity contribution is 7.86. The Labute approximate surface area is 112 Å². The van der Waals surface area contributed by atoms with Gasteiger partial charge in [-0.1, -0.05) is 11.6 Å². The van der Waals surface area contributed by atoms with Gasteiger partial charge in [-0.15, -0.1) is 11.3 Å². The van der Waals surface area contributed by atoms with Crippen molar-refractivity contribution in [3.8, 4) is 0 Å². The van der Waals surface area contributed by atoms with Crippen LogP contribution in [-0.2, 0) is 15.5 Å². The third kappa shape index (κ3) is 3.16. The molecule has 3 unspecified atom stereocenters. The minimum atomic E-state index is -1.16. The van der Waals surface area contributed by atoms with Crippen LogP contribution < -0.4 is 0 Å². The van der Waals surface area contributed by atoms with Crippen molar-refractivity contribution in [2.24, 2.45) is 0 Å². The first-order valence-electron chi connectivity index (χ1n) is 5.35. The summed E-state index contributed by atoms with van der Waals surface area (Å²) in [6.07, 6.45) is 0.752. The quantitative estimate of drug-likeness (QED) is 0.801. The fourth-order valence-electron chi connectivity index (χ4n) is 1.83. The summed E-state index contributed by atoms with van der Waals surface area (Å²) in [5.74, 6) is -0.0331. The summed E-state index contributed by atoms with van der Waals surface area (Å²) in [6.45, 7) is 2.54. The zero-order valence-corrected chi connectivity index (χ0v) is 11.7. The van der Waals surface area contributed by atoms with Gasteiger partial charge in [0, 0.05) is 17.4 Å². The second kappa shape index (κ2) is 5.61. The van der Waals surface area contributed by atoms with E-state index in [9.17, 15) is 9.00 Å². The van der Waals surface area contributed by atoms with Crippen LogP contribution in [0, 0.1) is 0 Å². The van der Waals surface area contributed by atoms with Gasteiger partial charge in [-0.05, 0) is 25.5 Å². The van der Waals surface area contributed by atoms with Gasteiger partial charge < -0.3 is 4.74 Å². The van der Waals surface area contributed by atoms with Crippen LogP contribution in [0.1, 0.15) is 23.0 Å². The number of ketones is 1. The topological polar surface area (TPSA) is 43.4 Å². The molecule has 1 aliphatic heterocycles. The molecule has 0 aliphatic carbocycles. The lowest BCUT2D eigenvalue weighted by atomic mass is 10.3. The second-order valence-electron chi connectivity index (χ2n) is 3.96. The van der Waals surface area contributed by atoms with Gasteiger partial charge in [0.15, 0.2) is 5.78 Å². The van der Waals surface area contributed by atoms with Crippen LogP contribution in [0.2, 0.25) is 4.34 Å². The molecule has 0 spiro atoms. The first-order valence-corrected chi connectivity index (χ1v) is 7.93. The van der Waals surface area contributed by atoms with Crippen molar-refractivity contribution in [3.63, 3.8) is 0 Å². The lowest BCUT2D eigenvalue weighted by molar-refractivity contribution is 0.102. The van der Waals surface area contributed by atoms with E-state index in [0.717, 1.165) is 6.42 Å². The molecular weight excluding hydrogens is 280 g/mol. The van der Waals surface area contributed by atoms with Crippen molar-refractivity contribution in [3.05, 3.63) is 21.3 Å². The summed E-state index contributed by atoms with van der Waals surface area (Å²) in [5.41, 5.74) is 0. The molecule has 94 valence electrons. The highest BCUT2D eigenvalue weighted by Crippen LogP contribution is 2.23. The van der Waals surface area contributed by atoms with E-state index in [1.807, 2.05) is 6.92 Å². The van der Waals surface area contributed by atoms with E-state index in [0.29, 0.717) is 15.8 Å². The number of carbonyl (C=O) groups excluding carboxylic acids is 1. The molecule has 0 amide bonds. The third-order valence-electron chi connectivity index (χ3n) is 2.77. The van der Waals surface area contributed by atoms with Crippen LogP contribution in [0.15, 0.2) is 12.1 Å². The molecule has 1 aliphatic rings. The molecule has 0 radical (unpaired) electrons. The monoisotopic (exact) mass is 292 g/mol. The smallest absolute Gasteiger partial charge is 0.185 e. The second-order valence-corrected chi connectivity index (χ2v) is 7.33. The van der Waals surface area contributed by atoms with Crippen molar-refractivity contribution in [2.75, 3.05) is 12.4 Å². The molecule has 1 aromatic heterocycles. The predicted octanol–water partition coefficient (Wildman–Crippen LogP) is 2.51. The van der Waals surface area contributed by atoms with Crippen LogP contribution >= 0.6 is 22.9 Å². The van der Waals surface area contributed by atoms with Crippen LogP contribution in [0.4, 0.5) is 0 Å². The van der Waals surface area contributed by atoms with Gasteiger partial charge in [0.05, 0.1) is 26.3 Å². The Morgan fingerprint density at radius 1 is 1.65 bits per heavy atom. The Bertz CT molecular complexity index is 444. The maximum atomic E-state index is 12.0. The molecule has 2 rings (SSSR count). The maximum absolute atomic E-state index is 12.0. The number of Topliss-reactive ketones (excluding diaryl/α,β-unsaturated/α-hetero) is 1. The zero-order valence-electron chi connectivity index (χ0n) is 9.35. The first kappa shape index (κ1) is 13.2. The lowest BCUT2D eigenvalue weighted by Gasteiger charge is -2.12. The zero-order chi connectivity index (χ0) is 12.4. The van der Waals surface area contributed by atoms with Crippen LogP contribution in [0.3, 0.4) is 0 Å². The predicted molar refractivity (Wildman–Crippen MR) is 70.5 cm³/mol.